The molecule has 2 aliphatic rings. The number of rotatable bonds is 22. The third-order valence-electron chi connectivity index (χ3n) is 12.5. The molecule has 5 heterocycles. The van der Waals surface area contributed by atoms with E-state index in [0.29, 0.717) is 83.5 Å². The summed E-state index contributed by atoms with van der Waals surface area (Å²) in [5, 5.41) is 12.9. The van der Waals surface area contributed by atoms with Crippen LogP contribution in [0.5, 0.6) is 0 Å². The van der Waals surface area contributed by atoms with Crippen molar-refractivity contribution in [3.8, 4) is 0 Å². The zero-order valence-corrected chi connectivity index (χ0v) is 37.9. The lowest BCUT2D eigenvalue weighted by Crippen LogP contribution is -2.28. The average molecular weight is 855 g/mol. The third-order valence-corrected chi connectivity index (χ3v) is 12.5. The predicted octanol–water partition coefficient (Wildman–Crippen LogP) is 5.32. The van der Waals surface area contributed by atoms with Crippen LogP contribution in [0.1, 0.15) is 156 Å². The van der Waals surface area contributed by atoms with Gasteiger partial charge in [0.15, 0.2) is 5.78 Å². The van der Waals surface area contributed by atoms with Gasteiger partial charge in [-0.15, -0.1) is 0 Å². The summed E-state index contributed by atoms with van der Waals surface area (Å²) in [5.41, 5.74) is 20.0. The van der Waals surface area contributed by atoms with E-state index in [1.165, 1.54) is 7.11 Å². The summed E-state index contributed by atoms with van der Waals surface area (Å²) >= 11 is 0. The molecule has 10 N–H and O–H groups in total. The predicted molar refractivity (Wildman–Crippen MR) is 246 cm³/mol. The molecule has 2 amide bonds. The van der Waals surface area contributed by atoms with Crippen molar-refractivity contribution in [1.82, 2.24) is 41.2 Å². The molecule has 0 spiro atoms. The van der Waals surface area contributed by atoms with Gasteiger partial charge >= 0.3 is 5.97 Å². The summed E-state index contributed by atoms with van der Waals surface area (Å²) in [5.74, 6) is -1.26. The zero-order chi connectivity index (χ0) is 44.9. The van der Waals surface area contributed by atoms with Gasteiger partial charge in [-0.3, -0.25) is 29.1 Å². The Morgan fingerprint density at radius 1 is 0.726 bits per heavy atom. The Labute approximate surface area is 366 Å². The number of hydrogen-bond donors (Lipinski definition) is 8. The summed E-state index contributed by atoms with van der Waals surface area (Å²) in [4.78, 5) is 72.1. The Bertz CT molecular complexity index is 2230. The van der Waals surface area contributed by atoms with Gasteiger partial charge in [-0.05, 0) is 128 Å². The summed E-state index contributed by atoms with van der Waals surface area (Å²) in [6, 6.07) is 5.99. The van der Waals surface area contributed by atoms with Crippen LogP contribution in [-0.4, -0.2) is 103 Å². The molecule has 5 rings (SSSR count). The first-order valence-electron chi connectivity index (χ1n) is 22.6. The van der Waals surface area contributed by atoms with E-state index in [9.17, 15) is 19.2 Å². The van der Waals surface area contributed by atoms with Crippen molar-refractivity contribution in [1.29, 1.82) is 0 Å². The van der Waals surface area contributed by atoms with Crippen molar-refractivity contribution in [2.45, 2.75) is 117 Å². The summed E-state index contributed by atoms with van der Waals surface area (Å²) < 4.78 is 5.29. The fraction of sp³-hybridized carbons (Fsp3) is 0.574. The number of fused-ring (bicyclic) bond motifs is 8. The fourth-order valence-electron chi connectivity index (χ4n) is 8.87. The Kier molecular flexibility index (Phi) is 17.8. The number of ether oxygens (including phenoxy) is 1. The second kappa shape index (κ2) is 22.9. The monoisotopic (exact) mass is 855 g/mol. The standard InChI is InChI=1S/C47H70N10O5/c1-8-32-27(2)35-26-40-43(31(6)58)29(4)37(55-40)24-36-28(3)33(13-14-41(59)52-21-11-19-50-17-9-15-48)45(56-36)34(23-42(60)62-7)46-44(30(5)38(57-46)25-39(32)54-35)47(61)53-22-12-20-51-18-10-16-49/h24-28,32-33,50-51,55,57H,8-23,48-49H2,1-7H3,(H,52,59)(H,53,61)/t27-,28+,32?,33?/m1/s1. The summed E-state index contributed by atoms with van der Waals surface area (Å²) in [7, 11) is 1.35. The van der Waals surface area contributed by atoms with Crippen LogP contribution in [0, 0.1) is 13.8 Å². The van der Waals surface area contributed by atoms with Gasteiger partial charge in [-0.1, -0.05) is 20.8 Å². The number of carbonyl (C=O) groups excluding carboxylic acids is 4. The average Bonchev–Trinajstić information content (AvgIpc) is 3.94. The molecule has 4 atom stereocenters. The van der Waals surface area contributed by atoms with Crippen LogP contribution in [-0.2, 0) is 20.7 Å². The third kappa shape index (κ3) is 11.5. The first-order chi connectivity index (χ1) is 29.8. The van der Waals surface area contributed by atoms with Crippen LogP contribution in [0.3, 0.4) is 0 Å². The smallest absolute Gasteiger partial charge is 0.310 e. The number of Topliss-reactive ketones (excluding diaryl/α,β-unsaturated/α-hetero) is 1. The SMILES string of the molecule is CCC1c2cc3[nH]c(c(CC(=O)OC)c4nc(cc5[nH]c(cc(n2)[C@@H]1C)c(C(C)=O)c5C)[C@@H](C)C4CCC(=O)NCCCNCCCN)c(C(=O)NCCCNCCCN)c3C. The van der Waals surface area contributed by atoms with E-state index in [1.807, 2.05) is 32.0 Å². The number of nitrogens with one attached hydrogen (secondary N) is 6. The van der Waals surface area contributed by atoms with Crippen LogP contribution in [0.4, 0.5) is 0 Å². The molecule has 2 aliphatic heterocycles. The van der Waals surface area contributed by atoms with Crippen molar-refractivity contribution < 1.29 is 23.9 Å². The number of hydrogen-bond acceptors (Lipinski definition) is 11. The second-order valence-corrected chi connectivity index (χ2v) is 16.8. The van der Waals surface area contributed by atoms with Gasteiger partial charge in [0.1, 0.15) is 0 Å². The molecule has 0 fully saturated rings. The van der Waals surface area contributed by atoms with E-state index in [4.69, 9.17) is 26.2 Å². The quantitative estimate of drug-likeness (QED) is 0.0366. The van der Waals surface area contributed by atoms with Crippen molar-refractivity contribution in [3.05, 3.63) is 68.8 Å². The van der Waals surface area contributed by atoms with E-state index >= 15 is 0 Å². The Balaban J connectivity index is 1.73. The zero-order valence-electron chi connectivity index (χ0n) is 37.9. The van der Waals surface area contributed by atoms with Gasteiger partial charge in [0.2, 0.25) is 5.91 Å². The number of H-pyrrole nitrogens is 2. The lowest BCUT2D eigenvalue weighted by molar-refractivity contribution is -0.139. The number of nitrogens with zero attached hydrogens (tertiary/aromatic N) is 2. The summed E-state index contributed by atoms with van der Waals surface area (Å²) in [6.45, 7) is 17.2. The van der Waals surface area contributed by atoms with Crippen LogP contribution in [0.2, 0.25) is 0 Å². The number of esters is 1. The molecule has 0 aliphatic carbocycles. The number of amides is 2. The molecule has 62 heavy (non-hydrogen) atoms. The minimum absolute atomic E-state index is 0.0575. The maximum atomic E-state index is 14.4. The molecule has 338 valence electrons. The lowest BCUT2D eigenvalue weighted by atomic mass is 9.85. The number of aryl methyl sites for hydroxylation is 2. The number of ketones is 1. The highest BCUT2D eigenvalue weighted by Crippen LogP contribution is 2.43. The lowest BCUT2D eigenvalue weighted by Gasteiger charge is -2.18. The van der Waals surface area contributed by atoms with E-state index in [2.05, 4.69) is 52.0 Å². The van der Waals surface area contributed by atoms with Crippen molar-refractivity contribution in [3.63, 3.8) is 0 Å². The maximum Gasteiger partial charge on any atom is 0.310 e. The highest BCUT2D eigenvalue weighted by molar-refractivity contribution is 6.06. The first-order valence-corrected chi connectivity index (χ1v) is 22.6. The minimum atomic E-state index is -0.489. The first kappa shape index (κ1) is 48.1. The van der Waals surface area contributed by atoms with Crippen LogP contribution in [0.25, 0.3) is 22.1 Å². The molecule has 2 unspecified atom stereocenters. The topological polar surface area (TPSA) is 235 Å². The highest BCUT2D eigenvalue weighted by atomic mass is 16.5. The molecular formula is C47H70N10O5. The Morgan fingerprint density at radius 3 is 1.92 bits per heavy atom. The number of nitrogens with two attached hydrogens (primary N) is 2. The molecule has 15 nitrogen and oxygen atoms in total. The van der Waals surface area contributed by atoms with Crippen LogP contribution < -0.4 is 32.7 Å². The number of aromatic amines is 2. The van der Waals surface area contributed by atoms with Gasteiger partial charge in [-0.2, -0.15) is 0 Å². The van der Waals surface area contributed by atoms with E-state index in [0.717, 1.165) is 80.0 Å². The van der Waals surface area contributed by atoms with Crippen molar-refractivity contribution in [2.75, 3.05) is 59.5 Å². The molecule has 3 aromatic heterocycles. The van der Waals surface area contributed by atoms with Gasteiger partial charge in [0.25, 0.3) is 5.91 Å². The molecule has 15 heteroatoms. The molecular weight excluding hydrogens is 785 g/mol. The molecule has 3 aromatic rings. The van der Waals surface area contributed by atoms with Gasteiger partial charge < -0.3 is 47.4 Å². The van der Waals surface area contributed by atoms with Gasteiger partial charge in [0, 0.05) is 82.4 Å². The normalized spacial score (nSPS) is 17.2. The minimum Gasteiger partial charge on any atom is -0.469 e. The fourth-order valence-corrected chi connectivity index (χ4v) is 8.87. The van der Waals surface area contributed by atoms with Crippen LogP contribution >= 0.6 is 0 Å². The summed E-state index contributed by atoms with van der Waals surface area (Å²) in [6.07, 6.45) is 4.60. The number of carbonyl (C=O) groups is 4. The Morgan fingerprint density at radius 2 is 1.29 bits per heavy atom. The van der Waals surface area contributed by atoms with Crippen molar-refractivity contribution in [2.24, 2.45) is 11.5 Å². The maximum absolute atomic E-state index is 14.4. The van der Waals surface area contributed by atoms with Gasteiger partial charge in [-0.25, -0.2) is 0 Å². The molecule has 0 saturated heterocycles. The second-order valence-electron chi connectivity index (χ2n) is 16.8. The number of methoxy groups -OCH3 is 1. The molecule has 0 radical (unpaired) electrons. The molecule has 8 bridgehead atoms. The molecule has 0 aromatic carbocycles. The van der Waals surface area contributed by atoms with Crippen LogP contribution in [0.15, 0.2) is 18.2 Å². The van der Waals surface area contributed by atoms with E-state index < -0.39 is 5.97 Å². The highest BCUT2D eigenvalue weighted by Gasteiger charge is 2.34. The van der Waals surface area contributed by atoms with E-state index in [-0.39, 0.29) is 54.1 Å². The largest absolute Gasteiger partial charge is 0.469 e. The van der Waals surface area contributed by atoms with Gasteiger partial charge in [0.05, 0.1) is 35.8 Å². The number of aromatic nitrogens is 4. The molecule has 0 saturated carbocycles. The van der Waals surface area contributed by atoms with E-state index in [1.54, 1.807) is 6.92 Å². The Hall–Kier alpha value is -4.96. The van der Waals surface area contributed by atoms with Crippen molar-refractivity contribution >= 4 is 45.6 Å².